The van der Waals surface area contributed by atoms with Crippen molar-refractivity contribution in [2.24, 2.45) is 0 Å². The third-order valence-electron chi connectivity index (χ3n) is 4.87. The number of amides is 1. The zero-order chi connectivity index (χ0) is 22.0. The predicted octanol–water partition coefficient (Wildman–Crippen LogP) is 2.61. The number of carbonyl (C=O) groups excluding carboxylic acids is 1. The Morgan fingerprint density at radius 1 is 1.32 bits per heavy atom. The van der Waals surface area contributed by atoms with Gasteiger partial charge in [0.25, 0.3) is 0 Å². The Balaban J connectivity index is 1.52. The van der Waals surface area contributed by atoms with Gasteiger partial charge in [-0.3, -0.25) is 9.88 Å². The topological polar surface area (TPSA) is 106 Å². The Kier molecular flexibility index (Phi) is 5.85. The average Bonchev–Trinajstić information content (AvgIpc) is 3.40. The summed E-state index contributed by atoms with van der Waals surface area (Å²) >= 11 is 0. The van der Waals surface area contributed by atoms with Gasteiger partial charge in [0.15, 0.2) is 6.10 Å². The summed E-state index contributed by atoms with van der Waals surface area (Å²) in [6, 6.07) is 7.63. The molecule has 3 aromatic rings. The maximum atomic E-state index is 14.8. The van der Waals surface area contributed by atoms with Gasteiger partial charge >= 0.3 is 6.09 Å². The van der Waals surface area contributed by atoms with E-state index in [4.69, 9.17) is 4.74 Å². The Morgan fingerprint density at radius 2 is 2.16 bits per heavy atom. The molecule has 11 heteroatoms. The van der Waals surface area contributed by atoms with Crippen molar-refractivity contribution in [3.05, 3.63) is 42.3 Å². The highest BCUT2D eigenvalue weighted by molar-refractivity contribution is 5.90. The number of benzene rings is 1. The van der Waals surface area contributed by atoms with Crippen LogP contribution in [0.5, 0.6) is 0 Å². The van der Waals surface area contributed by atoms with Crippen LogP contribution in [0.1, 0.15) is 13.3 Å². The number of alkyl halides is 1. The minimum Gasteiger partial charge on any atom is -0.441 e. The molecule has 2 aromatic heterocycles. The number of halogens is 2. The normalized spacial score (nSPS) is 17.1. The quantitative estimate of drug-likeness (QED) is 0.614. The number of hydrogen-bond acceptors (Lipinski definition) is 7. The highest BCUT2D eigenvalue weighted by Crippen LogP contribution is 2.30. The second-order valence-electron chi connectivity index (χ2n) is 7.06. The summed E-state index contributed by atoms with van der Waals surface area (Å²) in [5, 5.41) is 21.7. The first-order valence-corrected chi connectivity index (χ1v) is 9.76. The van der Waals surface area contributed by atoms with E-state index in [1.165, 1.54) is 23.1 Å². The van der Waals surface area contributed by atoms with Crippen LogP contribution >= 0.6 is 0 Å². The lowest BCUT2D eigenvalue weighted by molar-refractivity contribution is 0.0188. The van der Waals surface area contributed by atoms with E-state index in [9.17, 15) is 18.7 Å². The molecule has 9 nitrogen and oxygen atoms in total. The largest absolute Gasteiger partial charge is 0.441 e. The van der Waals surface area contributed by atoms with Crippen molar-refractivity contribution < 1.29 is 23.4 Å². The minimum atomic E-state index is -1.42. The molecule has 4 rings (SSSR count). The minimum absolute atomic E-state index is 0.0648. The fraction of sp³-hybridized carbons (Fsp3) is 0.350. The van der Waals surface area contributed by atoms with Crippen molar-refractivity contribution in [1.29, 1.82) is 0 Å². The number of rotatable bonds is 7. The van der Waals surface area contributed by atoms with E-state index in [1.54, 1.807) is 18.2 Å². The average molecular weight is 430 g/mol. The van der Waals surface area contributed by atoms with Gasteiger partial charge in [-0.2, -0.15) is 4.80 Å². The lowest BCUT2D eigenvalue weighted by atomic mass is 10.1. The van der Waals surface area contributed by atoms with Crippen LogP contribution in [0.3, 0.4) is 0 Å². The summed E-state index contributed by atoms with van der Waals surface area (Å²) in [7, 11) is 0. The number of hydrogen-bond donors (Lipinski definition) is 1. The van der Waals surface area contributed by atoms with Crippen molar-refractivity contribution in [1.82, 2.24) is 25.2 Å². The fourth-order valence-corrected chi connectivity index (χ4v) is 3.23. The van der Waals surface area contributed by atoms with Gasteiger partial charge in [-0.25, -0.2) is 13.6 Å². The molecule has 1 aliphatic rings. The van der Waals surface area contributed by atoms with Gasteiger partial charge in [-0.15, -0.1) is 10.2 Å². The van der Waals surface area contributed by atoms with Gasteiger partial charge < -0.3 is 9.84 Å². The number of cyclic esters (lactones) is 1. The summed E-state index contributed by atoms with van der Waals surface area (Å²) in [5.74, 6) is -0.185. The Hall–Kier alpha value is -3.47. The number of tetrazole rings is 1. The molecule has 1 N–H and O–H groups in total. The van der Waals surface area contributed by atoms with Crippen molar-refractivity contribution >= 4 is 11.8 Å². The van der Waals surface area contributed by atoms with E-state index in [0.29, 0.717) is 29.2 Å². The molecule has 1 amide bonds. The van der Waals surface area contributed by atoms with E-state index >= 15 is 0 Å². The van der Waals surface area contributed by atoms with Gasteiger partial charge in [0.05, 0.1) is 18.8 Å². The third kappa shape index (κ3) is 4.22. The standard InChI is InChI=1S/C20H20F2N6O3/c1-2-7-28-25-19(24-26-28)16-6-3-12(10-23-16)14-5-4-13(8-15(14)22)27-11-18(17(29)9-21)31-20(27)30/h3-6,8,10,17-18,29H,2,7,9,11H2,1H3/t17?,18-/m0/s1. The van der Waals surface area contributed by atoms with Crippen LogP contribution in [0.25, 0.3) is 22.6 Å². The molecule has 1 unspecified atom stereocenters. The van der Waals surface area contributed by atoms with Gasteiger partial charge in [-0.05, 0) is 35.9 Å². The number of aliphatic hydroxyl groups is 1. The molecule has 1 fully saturated rings. The van der Waals surface area contributed by atoms with Crippen molar-refractivity contribution in [2.45, 2.75) is 32.1 Å². The number of aliphatic hydroxyl groups excluding tert-OH is 1. The molecule has 162 valence electrons. The van der Waals surface area contributed by atoms with Crippen LogP contribution in [-0.4, -0.2) is 61.8 Å². The van der Waals surface area contributed by atoms with Crippen LogP contribution in [-0.2, 0) is 11.3 Å². The number of nitrogens with zero attached hydrogens (tertiary/aromatic N) is 6. The van der Waals surface area contributed by atoms with Gasteiger partial charge in [-0.1, -0.05) is 13.0 Å². The smallest absolute Gasteiger partial charge is 0.414 e. The van der Waals surface area contributed by atoms with Crippen LogP contribution in [0, 0.1) is 5.82 Å². The number of aromatic nitrogens is 5. The zero-order valence-corrected chi connectivity index (χ0v) is 16.7. The van der Waals surface area contributed by atoms with Crippen LogP contribution < -0.4 is 4.90 Å². The summed E-state index contributed by atoms with van der Waals surface area (Å²) in [6.07, 6.45) is -0.795. The number of ether oxygens (including phenoxy) is 1. The van der Waals surface area contributed by atoms with Crippen LogP contribution in [0.4, 0.5) is 19.3 Å². The van der Waals surface area contributed by atoms with Gasteiger partial charge in [0.2, 0.25) is 5.82 Å². The highest BCUT2D eigenvalue weighted by atomic mass is 19.1. The molecule has 0 saturated carbocycles. The Bertz CT molecular complexity index is 1080. The van der Waals surface area contributed by atoms with E-state index in [2.05, 4.69) is 20.4 Å². The highest BCUT2D eigenvalue weighted by Gasteiger charge is 2.37. The van der Waals surface area contributed by atoms with Crippen LogP contribution in [0.2, 0.25) is 0 Å². The SMILES string of the molecule is CCCn1nnc(-c2ccc(-c3ccc(N4C[C@@H](C(O)CF)OC4=O)cc3F)cn2)n1. The predicted molar refractivity (Wildman–Crippen MR) is 106 cm³/mol. The molecule has 1 aromatic carbocycles. The number of carbonyl (C=O) groups is 1. The zero-order valence-electron chi connectivity index (χ0n) is 16.7. The summed E-state index contributed by atoms with van der Waals surface area (Å²) < 4.78 is 32.4. The van der Waals surface area contributed by atoms with Gasteiger partial charge in [0.1, 0.15) is 24.3 Å². The monoisotopic (exact) mass is 430 g/mol. The summed E-state index contributed by atoms with van der Waals surface area (Å²) in [4.78, 5) is 18.9. The first-order chi connectivity index (χ1) is 15.0. The molecule has 0 radical (unpaired) electrons. The molecule has 0 spiro atoms. The third-order valence-corrected chi connectivity index (χ3v) is 4.87. The first-order valence-electron chi connectivity index (χ1n) is 9.76. The molecular weight excluding hydrogens is 410 g/mol. The van der Waals surface area contributed by atoms with Crippen LogP contribution in [0.15, 0.2) is 36.5 Å². The second-order valence-corrected chi connectivity index (χ2v) is 7.06. The number of aryl methyl sites for hydroxylation is 1. The summed E-state index contributed by atoms with van der Waals surface area (Å²) in [5.41, 5.74) is 1.59. The lowest BCUT2D eigenvalue weighted by Gasteiger charge is -2.15. The molecule has 3 heterocycles. The van der Waals surface area contributed by atoms with E-state index in [0.717, 1.165) is 11.3 Å². The van der Waals surface area contributed by atoms with E-state index < -0.39 is 30.8 Å². The first kappa shape index (κ1) is 20.8. The molecule has 2 atom stereocenters. The van der Waals surface area contributed by atoms with E-state index in [1.807, 2.05) is 6.92 Å². The number of pyridine rings is 1. The van der Waals surface area contributed by atoms with Crippen molar-refractivity contribution in [3.8, 4) is 22.6 Å². The van der Waals surface area contributed by atoms with Gasteiger partial charge in [0, 0.05) is 17.3 Å². The summed E-state index contributed by atoms with van der Waals surface area (Å²) in [6.45, 7) is 1.56. The van der Waals surface area contributed by atoms with E-state index in [-0.39, 0.29) is 12.2 Å². The molecule has 31 heavy (non-hydrogen) atoms. The van der Waals surface area contributed by atoms with Crippen molar-refractivity contribution in [3.63, 3.8) is 0 Å². The Morgan fingerprint density at radius 3 is 2.84 bits per heavy atom. The second kappa shape index (κ2) is 8.72. The molecule has 1 aliphatic heterocycles. The number of anilines is 1. The van der Waals surface area contributed by atoms with Crippen molar-refractivity contribution in [2.75, 3.05) is 18.1 Å². The molecule has 1 saturated heterocycles. The molecular formula is C20H20F2N6O3. The Labute approximate surface area is 176 Å². The maximum Gasteiger partial charge on any atom is 0.414 e. The fourth-order valence-electron chi connectivity index (χ4n) is 3.23. The molecule has 0 aliphatic carbocycles. The maximum absolute atomic E-state index is 14.8. The lowest BCUT2D eigenvalue weighted by Crippen LogP contribution is -2.32. The molecule has 0 bridgehead atoms.